The van der Waals surface area contributed by atoms with E-state index in [1.807, 2.05) is 0 Å². The van der Waals surface area contributed by atoms with Gasteiger partial charge in [-0.3, -0.25) is 4.90 Å². The molecule has 0 aliphatic rings. The molecular formula is C23H28ClN. The largest absolute Gasteiger partial charge is 0.298 e. The lowest BCUT2D eigenvalue weighted by molar-refractivity contribution is 0.320. The Hall–Kier alpha value is -1.83. The maximum Gasteiger partial charge on any atom is 0.0240 e. The van der Waals surface area contributed by atoms with Crippen LogP contribution in [0.15, 0.2) is 66.7 Å². The normalized spacial score (nSPS) is 11.6. The Morgan fingerprint density at radius 2 is 1.40 bits per heavy atom. The van der Waals surface area contributed by atoms with Crippen molar-refractivity contribution in [2.45, 2.75) is 39.3 Å². The molecule has 2 heteroatoms. The van der Waals surface area contributed by atoms with E-state index in [1.54, 1.807) is 0 Å². The zero-order valence-corrected chi connectivity index (χ0v) is 16.4. The van der Waals surface area contributed by atoms with Crippen molar-refractivity contribution in [2.24, 2.45) is 0 Å². The van der Waals surface area contributed by atoms with Crippen LogP contribution in [0.1, 0.15) is 37.5 Å². The molecule has 0 aromatic heterocycles. The van der Waals surface area contributed by atoms with Gasteiger partial charge in [0.1, 0.15) is 0 Å². The van der Waals surface area contributed by atoms with Crippen LogP contribution in [0.5, 0.6) is 0 Å². The number of halogens is 1. The number of rotatable bonds is 4. The highest BCUT2D eigenvalue weighted by atomic mass is 35.5. The highest BCUT2D eigenvalue weighted by molar-refractivity contribution is 5.85. The maximum atomic E-state index is 2.38. The van der Waals surface area contributed by atoms with Crippen molar-refractivity contribution in [2.75, 3.05) is 7.05 Å². The number of hydrogen-bond acceptors (Lipinski definition) is 1. The molecule has 0 aliphatic carbocycles. The van der Waals surface area contributed by atoms with Crippen LogP contribution in [0.4, 0.5) is 0 Å². The average molecular weight is 354 g/mol. The van der Waals surface area contributed by atoms with E-state index in [0.29, 0.717) is 0 Å². The molecule has 0 amide bonds. The summed E-state index contributed by atoms with van der Waals surface area (Å²) in [6.07, 6.45) is 0. The second-order valence-electron chi connectivity index (χ2n) is 7.76. The fourth-order valence-electron chi connectivity index (χ4n) is 3.20. The van der Waals surface area contributed by atoms with Gasteiger partial charge in [0.05, 0.1) is 0 Å². The van der Waals surface area contributed by atoms with E-state index >= 15 is 0 Å². The van der Waals surface area contributed by atoms with E-state index in [-0.39, 0.29) is 17.8 Å². The van der Waals surface area contributed by atoms with Crippen LogP contribution in [0.3, 0.4) is 0 Å². The van der Waals surface area contributed by atoms with Crippen molar-refractivity contribution < 1.29 is 0 Å². The maximum absolute atomic E-state index is 2.38. The third-order valence-corrected chi connectivity index (χ3v) is 4.59. The lowest BCUT2D eigenvalue weighted by Crippen LogP contribution is -2.17. The van der Waals surface area contributed by atoms with Crippen LogP contribution >= 0.6 is 12.4 Å². The van der Waals surface area contributed by atoms with Crippen molar-refractivity contribution in [1.82, 2.24) is 4.90 Å². The van der Waals surface area contributed by atoms with Gasteiger partial charge in [-0.05, 0) is 39.9 Å². The molecule has 3 aromatic carbocycles. The summed E-state index contributed by atoms with van der Waals surface area (Å²) in [5, 5.41) is 2.67. The molecule has 0 saturated carbocycles. The molecule has 25 heavy (non-hydrogen) atoms. The van der Waals surface area contributed by atoms with Gasteiger partial charge >= 0.3 is 0 Å². The van der Waals surface area contributed by atoms with Gasteiger partial charge in [0, 0.05) is 13.1 Å². The molecule has 0 fully saturated rings. The molecule has 0 aliphatic heterocycles. The standard InChI is InChI=1S/C23H27N.ClH/c1-23(2,3)21-14-12-18(13-15-21)16-24(4)17-20-10-7-9-19-8-5-6-11-22(19)20;/h5-15H,16-17H2,1-4H3;1H. The van der Waals surface area contributed by atoms with Gasteiger partial charge in [-0.2, -0.15) is 0 Å². The summed E-state index contributed by atoms with van der Waals surface area (Å²) in [6.45, 7) is 8.70. The zero-order chi connectivity index (χ0) is 17.2. The minimum Gasteiger partial charge on any atom is -0.298 e. The number of nitrogens with zero attached hydrogens (tertiary/aromatic N) is 1. The Bertz CT molecular complexity index is 810. The molecular weight excluding hydrogens is 326 g/mol. The van der Waals surface area contributed by atoms with Gasteiger partial charge in [-0.15, -0.1) is 12.4 Å². The van der Waals surface area contributed by atoms with Gasteiger partial charge in [0.2, 0.25) is 0 Å². The molecule has 0 unspecified atom stereocenters. The van der Waals surface area contributed by atoms with E-state index in [1.165, 1.54) is 27.5 Å². The molecule has 132 valence electrons. The van der Waals surface area contributed by atoms with Crippen LogP contribution in [-0.2, 0) is 18.5 Å². The second kappa shape index (κ2) is 8.03. The summed E-state index contributed by atoms with van der Waals surface area (Å²) < 4.78 is 0. The first-order valence-electron chi connectivity index (χ1n) is 8.68. The van der Waals surface area contributed by atoms with Crippen molar-refractivity contribution in [1.29, 1.82) is 0 Å². The molecule has 0 atom stereocenters. The average Bonchev–Trinajstić information content (AvgIpc) is 2.55. The molecule has 0 spiro atoms. The van der Waals surface area contributed by atoms with Gasteiger partial charge in [0.25, 0.3) is 0 Å². The van der Waals surface area contributed by atoms with E-state index in [9.17, 15) is 0 Å². The van der Waals surface area contributed by atoms with E-state index in [4.69, 9.17) is 0 Å². The summed E-state index contributed by atoms with van der Waals surface area (Å²) in [7, 11) is 2.19. The molecule has 0 radical (unpaired) electrons. The predicted octanol–water partition coefficient (Wildman–Crippen LogP) is 6.19. The number of hydrogen-bond donors (Lipinski definition) is 0. The van der Waals surface area contributed by atoms with Crippen LogP contribution in [-0.4, -0.2) is 11.9 Å². The molecule has 0 saturated heterocycles. The molecule has 1 nitrogen and oxygen atoms in total. The lowest BCUT2D eigenvalue weighted by Gasteiger charge is -2.21. The first-order chi connectivity index (χ1) is 11.4. The van der Waals surface area contributed by atoms with Crippen LogP contribution in [0.25, 0.3) is 10.8 Å². The topological polar surface area (TPSA) is 3.24 Å². The zero-order valence-electron chi connectivity index (χ0n) is 15.6. The SMILES string of the molecule is CN(Cc1ccc(C(C)(C)C)cc1)Cc1cccc2ccccc12.Cl. The second-order valence-corrected chi connectivity index (χ2v) is 7.76. The van der Waals surface area contributed by atoms with Crippen molar-refractivity contribution in [3.05, 3.63) is 83.4 Å². The van der Waals surface area contributed by atoms with Crippen LogP contribution in [0, 0.1) is 0 Å². The monoisotopic (exact) mass is 353 g/mol. The van der Waals surface area contributed by atoms with Gasteiger partial charge in [-0.25, -0.2) is 0 Å². The third kappa shape index (κ3) is 4.84. The summed E-state index contributed by atoms with van der Waals surface area (Å²) in [5.41, 5.74) is 4.36. The van der Waals surface area contributed by atoms with Crippen molar-refractivity contribution >= 4 is 23.2 Å². The van der Waals surface area contributed by atoms with E-state index in [2.05, 4.69) is 99.4 Å². The fraction of sp³-hybridized carbons (Fsp3) is 0.304. The molecule has 3 aromatic rings. The molecule has 0 N–H and O–H groups in total. The highest BCUT2D eigenvalue weighted by Crippen LogP contribution is 2.23. The number of benzene rings is 3. The Morgan fingerprint density at radius 3 is 2.08 bits per heavy atom. The Morgan fingerprint density at radius 1 is 0.760 bits per heavy atom. The van der Waals surface area contributed by atoms with Gasteiger partial charge in [0.15, 0.2) is 0 Å². The number of fused-ring (bicyclic) bond motifs is 1. The Balaban J connectivity index is 0.00000225. The Labute approximate surface area is 158 Å². The first kappa shape index (κ1) is 19.5. The summed E-state index contributed by atoms with van der Waals surface area (Å²) >= 11 is 0. The van der Waals surface area contributed by atoms with Crippen LogP contribution < -0.4 is 0 Å². The van der Waals surface area contributed by atoms with Crippen molar-refractivity contribution in [3.8, 4) is 0 Å². The van der Waals surface area contributed by atoms with Crippen LogP contribution in [0.2, 0.25) is 0 Å². The molecule has 0 heterocycles. The molecule has 3 rings (SSSR count). The van der Waals surface area contributed by atoms with E-state index in [0.717, 1.165) is 13.1 Å². The minimum atomic E-state index is 0. The van der Waals surface area contributed by atoms with Crippen molar-refractivity contribution in [3.63, 3.8) is 0 Å². The third-order valence-electron chi connectivity index (χ3n) is 4.59. The summed E-state index contributed by atoms with van der Waals surface area (Å²) in [5.74, 6) is 0. The minimum absolute atomic E-state index is 0. The summed E-state index contributed by atoms with van der Waals surface area (Å²) in [6, 6.07) is 24.3. The smallest absolute Gasteiger partial charge is 0.0240 e. The van der Waals surface area contributed by atoms with Gasteiger partial charge in [-0.1, -0.05) is 87.5 Å². The Kier molecular flexibility index (Phi) is 6.26. The lowest BCUT2D eigenvalue weighted by atomic mass is 9.87. The first-order valence-corrected chi connectivity index (χ1v) is 8.68. The summed E-state index contributed by atoms with van der Waals surface area (Å²) in [4.78, 5) is 2.38. The van der Waals surface area contributed by atoms with E-state index < -0.39 is 0 Å². The predicted molar refractivity (Wildman–Crippen MR) is 112 cm³/mol. The highest BCUT2D eigenvalue weighted by Gasteiger charge is 2.13. The molecule has 0 bridgehead atoms. The van der Waals surface area contributed by atoms with Gasteiger partial charge < -0.3 is 0 Å². The fourth-order valence-corrected chi connectivity index (χ4v) is 3.20. The quantitative estimate of drug-likeness (QED) is 0.540.